The minimum Gasteiger partial charge on any atom is -0.497 e. The molecule has 5 rings (SSSR count). The number of amides is 1. The lowest BCUT2D eigenvalue weighted by Gasteiger charge is -2.31. The molecule has 9 nitrogen and oxygen atoms in total. The molecule has 1 aliphatic rings. The van der Waals surface area contributed by atoms with Gasteiger partial charge >= 0.3 is 0 Å². The van der Waals surface area contributed by atoms with E-state index in [4.69, 9.17) is 52.2 Å². The zero-order chi connectivity index (χ0) is 32.5. The zero-order valence-corrected chi connectivity index (χ0v) is 27.0. The standard InChI is InChI=1S/C35H35Cl2N3O6/c1-43-28-17-24(18-29(20-28)44-2)22-38-40-34(42)35(21-23-7-4-3-5-8-23)32(30-14-11-26(36)19-31(30)37)46-33(39-35)25-9-12-27(13-10-25)45-16-6-15-41/h3-5,7-14,17-20,32,38,41H,6,15-16,21-22H2,1-2H3,(H,40,42)/t32-,35-/m0/s1. The van der Waals surface area contributed by atoms with E-state index in [0.29, 0.717) is 51.4 Å². The number of aliphatic hydroxyl groups is 1. The van der Waals surface area contributed by atoms with Gasteiger partial charge in [-0.05, 0) is 59.7 Å². The molecular weight excluding hydrogens is 629 g/mol. The molecule has 0 saturated carbocycles. The molecule has 3 N–H and O–H groups in total. The van der Waals surface area contributed by atoms with Gasteiger partial charge in [0.1, 0.15) is 17.2 Å². The Balaban J connectivity index is 1.51. The molecule has 0 saturated heterocycles. The van der Waals surface area contributed by atoms with Crippen molar-refractivity contribution >= 4 is 35.0 Å². The van der Waals surface area contributed by atoms with E-state index < -0.39 is 17.6 Å². The number of nitrogens with one attached hydrogen (secondary N) is 2. The lowest BCUT2D eigenvalue weighted by atomic mass is 9.82. The van der Waals surface area contributed by atoms with Gasteiger partial charge in [-0.3, -0.25) is 10.2 Å². The van der Waals surface area contributed by atoms with Crippen LogP contribution in [0, 0.1) is 0 Å². The molecular formula is C35H35Cl2N3O6. The molecule has 0 fully saturated rings. The van der Waals surface area contributed by atoms with E-state index in [1.54, 1.807) is 50.6 Å². The average Bonchev–Trinajstić information content (AvgIpc) is 3.45. The number of hydrogen-bond donors (Lipinski definition) is 3. The first kappa shape index (κ1) is 33.1. The Hall–Kier alpha value is -4.28. The monoisotopic (exact) mass is 663 g/mol. The largest absolute Gasteiger partial charge is 0.497 e. The normalized spacial score (nSPS) is 17.2. The van der Waals surface area contributed by atoms with Gasteiger partial charge < -0.3 is 24.1 Å². The summed E-state index contributed by atoms with van der Waals surface area (Å²) < 4.78 is 23.0. The Bertz CT molecular complexity index is 1650. The number of benzene rings is 4. The predicted octanol–water partition coefficient (Wildman–Crippen LogP) is 6.09. The minimum absolute atomic E-state index is 0.0472. The number of aliphatic hydroxyl groups excluding tert-OH is 1. The fourth-order valence-corrected chi connectivity index (χ4v) is 5.69. The molecule has 1 heterocycles. The van der Waals surface area contributed by atoms with Crippen LogP contribution in [0.3, 0.4) is 0 Å². The summed E-state index contributed by atoms with van der Waals surface area (Å²) in [5.74, 6) is 1.76. The van der Waals surface area contributed by atoms with E-state index in [9.17, 15) is 4.79 Å². The number of rotatable bonds is 14. The number of hydrogen-bond acceptors (Lipinski definition) is 8. The number of carbonyl (C=O) groups excluding carboxylic acids is 1. The molecule has 0 spiro atoms. The smallest absolute Gasteiger partial charge is 0.266 e. The predicted molar refractivity (Wildman–Crippen MR) is 178 cm³/mol. The Morgan fingerprint density at radius 2 is 1.63 bits per heavy atom. The van der Waals surface area contributed by atoms with Crippen LogP contribution in [0.1, 0.15) is 34.8 Å². The van der Waals surface area contributed by atoms with Crippen LogP contribution in [0.15, 0.2) is 96.0 Å². The van der Waals surface area contributed by atoms with Gasteiger partial charge in [0.15, 0.2) is 11.6 Å². The summed E-state index contributed by atoms with van der Waals surface area (Å²) in [4.78, 5) is 19.5. The van der Waals surface area contributed by atoms with Gasteiger partial charge in [0.05, 0.1) is 20.8 Å². The van der Waals surface area contributed by atoms with Crippen molar-refractivity contribution in [1.29, 1.82) is 0 Å². The van der Waals surface area contributed by atoms with Crippen LogP contribution < -0.4 is 25.1 Å². The molecule has 0 aliphatic carbocycles. The van der Waals surface area contributed by atoms with E-state index in [0.717, 1.165) is 11.1 Å². The molecule has 4 aromatic carbocycles. The number of carbonyl (C=O) groups is 1. The lowest BCUT2D eigenvalue weighted by molar-refractivity contribution is -0.130. The first-order valence-electron chi connectivity index (χ1n) is 14.7. The second-order valence-corrected chi connectivity index (χ2v) is 11.5. The second kappa shape index (κ2) is 15.3. The van der Waals surface area contributed by atoms with E-state index in [1.807, 2.05) is 54.6 Å². The van der Waals surface area contributed by atoms with Crippen LogP contribution >= 0.6 is 23.2 Å². The first-order valence-corrected chi connectivity index (χ1v) is 15.5. The maximum Gasteiger partial charge on any atom is 0.266 e. The van der Waals surface area contributed by atoms with Gasteiger partial charge in [0.25, 0.3) is 5.91 Å². The molecule has 4 aromatic rings. The lowest BCUT2D eigenvalue weighted by Crippen LogP contribution is -2.53. The Morgan fingerprint density at radius 1 is 0.913 bits per heavy atom. The van der Waals surface area contributed by atoms with E-state index in [1.165, 1.54) is 0 Å². The van der Waals surface area contributed by atoms with Crippen molar-refractivity contribution in [2.45, 2.75) is 31.0 Å². The first-order chi connectivity index (χ1) is 22.3. The number of methoxy groups -OCH3 is 2. The summed E-state index contributed by atoms with van der Waals surface area (Å²) in [7, 11) is 3.16. The van der Waals surface area contributed by atoms with Gasteiger partial charge in [-0.1, -0.05) is 59.6 Å². The Morgan fingerprint density at radius 3 is 2.28 bits per heavy atom. The number of ether oxygens (including phenoxy) is 4. The third kappa shape index (κ3) is 7.74. The molecule has 2 atom stereocenters. The molecule has 46 heavy (non-hydrogen) atoms. The van der Waals surface area contributed by atoms with Gasteiger partial charge in [-0.25, -0.2) is 10.4 Å². The number of aliphatic imine (C=N–C) groups is 1. The maximum absolute atomic E-state index is 14.4. The Labute approximate surface area is 278 Å². The molecule has 0 aromatic heterocycles. The highest BCUT2D eigenvalue weighted by molar-refractivity contribution is 6.35. The van der Waals surface area contributed by atoms with Crippen LogP contribution in [0.4, 0.5) is 0 Å². The molecule has 0 unspecified atom stereocenters. The molecule has 1 aliphatic heterocycles. The summed E-state index contributed by atoms with van der Waals surface area (Å²) in [6.45, 7) is 0.716. The summed E-state index contributed by atoms with van der Waals surface area (Å²) in [6.07, 6.45) is -0.159. The topological polar surface area (TPSA) is 111 Å². The summed E-state index contributed by atoms with van der Waals surface area (Å²) >= 11 is 13.0. The second-order valence-electron chi connectivity index (χ2n) is 10.6. The average molecular weight is 665 g/mol. The summed E-state index contributed by atoms with van der Waals surface area (Å²) in [5, 5.41) is 9.87. The number of nitrogens with zero attached hydrogens (tertiary/aromatic N) is 1. The quantitative estimate of drug-likeness (QED) is 0.111. The highest BCUT2D eigenvalue weighted by Crippen LogP contribution is 2.45. The van der Waals surface area contributed by atoms with Crippen LogP contribution in [0.5, 0.6) is 17.2 Å². The maximum atomic E-state index is 14.4. The van der Waals surface area contributed by atoms with Crippen molar-refractivity contribution in [2.75, 3.05) is 27.4 Å². The molecule has 11 heteroatoms. The Kier molecular flexibility index (Phi) is 11.0. The van der Waals surface area contributed by atoms with Crippen LogP contribution in [0.2, 0.25) is 10.0 Å². The van der Waals surface area contributed by atoms with Crippen LogP contribution in [0.25, 0.3) is 0 Å². The molecule has 240 valence electrons. The van der Waals surface area contributed by atoms with E-state index >= 15 is 0 Å². The van der Waals surface area contributed by atoms with Crippen molar-refractivity contribution in [2.24, 2.45) is 4.99 Å². The van der Waals surface area contributed by atoms with Gasteiger partial charge in [-0.2, -0.15) is 0 Å². The summed E-state index contributed by atoms with van der Waals surface area (Å²) in [6, 6.07) is 27.4. The molecule has 1 amide bonds. The van der Waals surface area contributed by atoms with E-state index in [2.05, 4.69) is 10.9 Å². The minimum atomic E-state index is -1.47. The van der Waals surface area contributed by atoms with Gasteiger partial charge in [0.2, 0.25) is 5.90 Å². The summed E-state index contributed by atoms with van der Waals surface area (Å²) in [5.41, 5.74) is 7.40. The van der Waals surface area contributed by atoms with Crippen LogP contribution in [-0.4, -0.2) is 49.9 Å². The van der Waals surface area contributed by atoms with E-state index in [-0.39, 0.29) is 25.5 Å². The molecule has 0 radical (unpaired) electrons. The van der Waals surface area contributed by atoms with Crippen molar-refractivity contribution in [3.63, 3.8) is 0 Å². The van der Waals surface area contributed by atoms with Crippen LogP contribution in [-0.2, 0) is 22.5 Å². The third-order valence-electron chi connectivity index (χ3n) is 7.50. The van der Waals surface area contributed by atoms with Gasteiger partial charge in [0, 0.05) is 53.2 Å². The fraction of sp³-hybridized carbons (Fsp3) is 0.257. The van der Waals surface area contributed by atoms with Crippen molar-refractivity contribution in [3.8, 4) is 17.2 Å². The van der Waals surface area contributed by atoms with Crippen molar-refractivity contribution in [1.82, 2.24) is 10.9 Å². The highest BCUT2D eigenvalue weighted by atomic mass is 35.5. The fourth-order valence-electron chi connectivity index (χ4n) is 5.18. The third-order valence-corrected chi connectivity index (χ3v) is 8.06. The highest BCUT2D eigenvalue weighted by Gasteiger charge is 2.54. The van der Waals surface area contributed by atoms with Gasteiger partial charge in [-0.15, -0.1) is 0 Å². The number of hydrazine groups is 1. The SMILES string of the molecule is COc1cc(CNNC(=O)[C@@]2(Cc3ccccc3)N=C(c3ccc(OCCCO)cc3)O[C@H]2c2ccc(Cl)cc2Cl)cc(OC)c1. The number of halogens is 2. The van der Waals surface area contributed by atoms with Crippen molar-refractivity contribution < 1.29 is 28.8 Å². The van der Waals surface area contributed by atoms with Crippen molar-refractivity contribution in [3.05, 3.63) is 123 Å². The molecule has 0 bridgehead atoms. The zero-order valence-electron chi connectivity index (χ0n) is 25.5.